The van der Waals surface area contributed by atoms with E-state index in [1.54, 1.807) is 17.7 Å². The van der Waals surface area contributed by atoms with Crippen LogP contribution in [0.4, 0.5) is 5.82 Å². The maximum Gasteiger partial charge on any atom is 0.147 e. The van der Waals surface area contributed by atoms with Crippen LogP contribution in [0, 0.1) is 0 Å². The average molecular weight is 249 g/mol. The Morgan fingerprint density at radius 3 is 3.06 bits per heavy atom. The van der Waals surface area contributed by atoms with Crippen LogP contribution >= 0.6 is 11.3 Å². The summed E-state index contributed by atoms with van der Waals surface area (Å²) in [4.78, 5) is 8.58. The molecule has 2 aromatic heterocycles. The fourth-order valence-corrected chi connectivity index (χ4v) is 2.70. The lowest BCUT2D eigenvalue weighted by Gasteiger charge is -2.14. The summed E-state index contributed by atoms with van der Waals surface area (Å²) in [6, 6.07) is 2.51. The second-order valence-electron chi connectivity index (χ2n) is 4.40. The van der Waals surface area contributed by atoms with Gasteiger partial charge in [-0.3, -0.25) is 0 Å². The predicted molar refractivity (Wildman–Crippen MR) is 74.6 cm³/mol. The van der Waals surface area contributed by atoms with Gasteiger partial charge in [-0.1, -0.05) is 26.2 Å². The molecule has 0 aliphatic rings. The van der Waals surface area contributed by atoms with E-state index in [0.717, 1.165) is 16.0 Å². The van der Waals surface area contributed by atoms with E-state index in [1.807, 2.05) is 6.07 Å². The second kappa shape index (κ2) is 5.96. The first-order valence-corrected chi connectivity index (χ1v) is 7.14. The molecule has 1 atom stereocenters. The Hall–Kier alpha value is -1.16. The van der Waals surface area contributed by atoms with E-state index in [9.17, 15) is 0 Å². The van der Waals surface area contributed by atoms with Crippen LogP contribution in [0.5, 0.6) is 0 Å². The molecular weight excluding hydrogens is 230 g/mol. The van der Waals surface area contributed by atoms with Gasteiger partial charge in [0.05, 0.1) is 10.2 Å². The van der Waals surface area contributed by atoms with Crippen molar-refractivity contribution in [1.82, 2.24) is 9.97 Å². The molecule has 1 unspecified atom stereocenters. The number of unbranched alkanes of at least 4 members (excludes halogenated alkanes) is 2. The predicted octanol–water partition coefficient (Wildman–Crippen LogP) is 4.07. The molecule has 0 fully saturated rings. The Kier molecular flexibility index (Phi) is 4.31. The van der Waals surface area contributed by atoms with Crippen molar-refractivity contribution < 1.29 is 0 Å². The van der Waals surface area contributed by atoms with E-state index >= 15 is 0 Å². The lowest BCUT2D eigenvalue weighted by molar-refractivity contribution is 0.614. The fraction of sp³-hybridized carbons (Fsp3) is 0.538. The number of hydrogen-bond donors (Lipinski definition) is 1. The maximum atomic E-state index is 4.34. The molecule has 2 aromatic rings. The van der Waals surface area contributed by atoms with E-state index in [2.05, 4.69) is 34.5 Å². The van der Waals surface area contributed by atoms with E-state index < -0.39 is 0 Å². The number of rotatable bonds is 6. The highest BCUT2D eigenvalue weighted by Crippen LogP contribution is 2.25. The minimum absolute atomic E-state index is 0.474. The van der Waals surface area contributed by atoms with Gasteiger partial charge in [0.1, 0.15) is 12.1 Å². The quantitative estimate of drug-likeness (QED) is 0.784. The molecule has 4 heteroatoms. The molecule has 0 bridgehead atoms. The van der Waals surface area contributed by atoms with Gasteiger partial charge in [-0.05, 0) is 24.8 Å². The van der Waals surface area contributed by atoms with Crippen molar-refractivity contribution in [2.45, 2.75) is 45.6 Å². The van der Waals surface area contributed by atoms with Gasteiger partial charge in [-0.15, -0.1) is 11.3 Å². The molecule has 0 amide bonds. The second-order valence-corrected chi connectivity index (χ2v) is 5.31. The molecular formula is C13H19N3S. The van der Waals surface area contributed by atoms with Crippen molar-refractivity contribution in [3.8, 4) is 0 Å². The number of aromatic nitrogens is 2. The number of nitrogens with zero attached hydrogens (tertiary/aromatic N) is 2. The van der Waals surface area contributed by atoms with E-state index in [1.165, 1.54) is 25.7 Å². The molecule has 17 heavy (non-hydrogen) atoms. The van der Waals surface area contributed by atoms with Gasteiger partial charge in [0.15, 0.2) is 0 Å². The Balaban J connectivity index is 2.00. The van der Waals surface area contributed by atoms with E-state index in [-0.39, 0.29) is 0 Å². The van der Waals surface area contributed by atoms with Crippen LogP contribution in [0.1, 0.15) is 39.5 Å². The summed E-state index contributed by atoms with van der Waals surface area (Å²) in [6.45, 7) is 4.45. The molecule has 2 rings (SSSR count). The van der Waals surface area contributed by atoms with E-state index in [4.69, 9.17) is 0 Å². The third-order valence-electron chi connectivity index (χ3n) is 2.87. The van der Waals surface area contributed by atoms with E-state index in [0.29, 0.717) is 6.04 Å². The topological polar surface area (TPSA) is 37.8 Å². The summed E-state index contributed by atoms with van der Waals surface area (Å²) in [5.41, 5.74) is 1.04. The van der Waals surface area contributed by atoms with Crippen LogP contribution in [-0.4, -0.2) is 16.0 Å². The van der Waals surface area contributed by atoms with Gasteiger partial charge in [0.2, 0.25) is 0 Å². The average Bonchev–Trinajstić information content (AvgIpc) is 2.78. The normalized spacial score (nSPS) is 12.8. The van der Waals surface area contributed by atoms with Crippen molar-refractivity contribution >= 4 is 27.4 Å². The van der Waals surface area contributed by atoms with Crippen LogP contribution in [-0.2, 0) is 0 Å². The lowest BCUT2D eigenvalue weighted by atomic mass is 10.1. The van der Waals surface area contributed by atoms with Crippen molar-refractivity contribution in [2.24, 2.45) is 0 Å². The first kappa shape index (κ1) is 12.3. The SMILES string of the molecule is CCCCCC(C)Nc1ncnc2ccsc12. The third-order valence-corrected chi connectivity index (χ3v) is 3.78. The first-order chi connectivity index (χ1) is 8.31. The molecule has 0 aliphatic heterocycles. The van der Waals surface area contributed by atoms with Crippen LogP contribution in [0.3, 0.4) is 0 Å². The number of anilines is 1. The number of nitrogens with one attached hydrogen (secondary N) is 1. The molecule has 0 saturated heterocycles. The molecule has 2 heterocycles. The number of fused-ring (bicyclic) bond motifs is 1. The lowest BCUT2D eigenvalue weighted by Crippen LogP contribution is -2.15. The highest BCUT2D eigenvalue weighted by molar-refractivity contribution is 7.17. The molecule has 0 radical (unpaired) electrons. The summed E-state index contributed by atoms with van der Waals surface area (Å²) >= 11 is 1.70. The smallest absolute Gasteiger partial charge is 0.147 e. The third kappa shape index (κ3) is 3.16. The molecule has 1 N–H and O–H groups in total. The minimum atomic E-state index is 0.474. The van der Waals surface area contributed by atoms with Crippen molar-refractivity contribution in [1.29, 1.82) is 0 Å². The monoisotopic (exact) mass is 249 g/mol. The summed E-state index contributed by atoms with van der Waals surface area (Å²) in [6.07, 6.45) is 6.70. The van der Waals surface area contributed by atoms with Gasteiger partial charge in [0, 0.05) is 6.04 Å². The van der Waals surface area contributed by atoms with Gasteiger partial charge in [-0.25, -0.2) is 9.97 Å². The maximum absolute atomic E-state index is 4.34. The zero-order chi connectivity index (χ0) is 12.1. The standard InChI is InChI=1S/C13H19N3S/c1-3-4-5-6-10(2)16-13-12-11(7-8-17-12)14-9-15-13/h7-10H,3-6H2,1-2H3,(H,14,15,16). The highest BCUT2D eigenvalue weighted by Gasteiger charge is 2.07. The van der Waals surface area contributed by atoms with Crippen LogP contribution in [0.2, 0.25) is 0 Å². The van der Waals surface area contributed by atoms with Gasteiger partial charge < -0.3 is 5.32 Å². The molecule has 0 aliphatic carbocycles. The van der Waals surface area contributed by atoms with Crippen LogP contribution in [0.25, 0.3) is 10.2 Å². The Labute approximate surface area is 106 Å². The molecule has 0 spiro atoms. The Morgan fingerprint density at radius 2 is 2.24 bits per heavy atom. The van der Waals surface area contributed by atoms with Gasteiger partial charge in [0.25, 0.3) is 0 Å². The zero-order valence-corrected chi connectivity index (χ0v) is 11.3. The van der Waals surface area contributed by atoms with Gasteiger partial charge >= 0.3 is 0 Å². The molecule has 0 saturated carbocycles. The van der Waals surface area contributed by atoms with Crippen LogP contribution < -0.4 is 5.32 Å². The summed E-state index contributed by atoms with van der Waals surface area (Å²) < 4.78 is 1.16. The number of thiophene rings is 1. The Bertz CT molecular complexity index is 466. The fourth-order valence-electron chi connectivity index (χ4n) is 1.90. The summed E-state index contributed by atoms with van der Waals surface area (Å²) in [7, 11) is 0. The van der Waals surface area contributed by atoms with Crippen molar-refractivity contribution in [2.75, 3.05) is 5.32 Å². The highest BCUT2D eigenvalue weighted by atomic mass is 32.1. The van der Waals surface area contributed by atoms with Crippen LogP contribution in [0.15, 0.2) is 17.8 Å². The van der Waals surface area contributed by atoms with Gasteiger partial charge in [-0.2, -0.15) is 0 Å². The summed E-state index contributed by atoms with van der Waals surface area (Å²) in [5.74, 6) is 0.981. The van der Waals surface area contributed by atoms with Crippen molar-refractivity contribution in [3.63, 3.8) is 0 Å². The first-order valence-electron chi connectivity index (χ1n) is 6.26. The number of hydrogen-bond acceptors (Lipinski definition) is 4. The molecule has 92 valence electrons. The summed E-state index contributed by atoms with van der Waals surface area (Å²) in [5, 5.41) is 5.55. The zero-order valence-electron chi connectivity index (χ0n) is 10.4. The molecule has 0 aromatic carbocycles. The minimum Gasteiger partial charge on any atom is -0.366 e. The molecule has 3 nitrogen and oxygen atoms in total. The largest absolute Gasteiger partial charge is 0.366 e. The van der Waals surface area contributed by atoms with Crippen molar-refractivity contribution in [3.05, 3.63) is 17.8 Å². The Morgan fingerprint density at radius 1 is 1.35 bits per heavy atom.